The molecule has 17 heavy (non-hydrogen) atoms. The molecule has 1 aromatic carbocycles. The Hall–Kier alpha value is -1.64. The minimum Gasteiger partial charge on any atom is -0.339 e. The van der Waals surface area contributed by atoms with Gasteiger partial charge in [0.2, 0.25) is 0 Å². The van der Waals surface area contributed by atoms with Crippen LogP contribution in [0.3, 0.4) is 0 Å². The highest BCUT2D eigenvalue weighted by Crippen LogP contribution is 2.18. The van der Waals surface area contributed by atoms with Gasteiger partial charge in [-0.05, 0) is 31.4 Å². The Kier molecular flexibility index (Phi) is 3.57. The van der Waals surface area contributed by atoms with Crippen molar-refractivity contribution in [2.45, 2.75) is 19.8 Å². The van der Waals surface area contributed by atoms with Crippen molar-refractivity contribution < 1.29 is 9.59 Å². The Balaban J connectivity index is 2.07. The normalized spacial score (nSPS) is 16.9. The lowest BCUT2D eigenvalue weighted by molar-refractivity contribution is -0.112. The molecule has 0 radical (unpaired) electrons. The lowest BCUT2D eigenvalue weighted by Gasteiger charge is -2.30. The molecule has 0 N–H and O–H groups in total. The average Bonchev–Trinajstić information content (AvgIpc) is 2.39. The lowest BCUT2D eigenvalue weighted by Crippen LogP contribution is -2.39. The predicted molar refractivity (Wildman–Crippen MR) is 65.9 cm³/mol. The summed E-state index contributed by atoms with van der Waals surface area (Å²) in [4.78, 5) is 24.8. The van der Waals surface area contributed by atoms with Crippen LogP contribution in [0.5, 0.6) is 0 Å². The summed E-state index contributed by atoms with van der Waals surface area (Å²) in [5.41, 5.74) is 1.78. The van der Waals surface area contributed by atoms with Gasteiger partial charge in [-0.1, -0.05) is 18.2 Å². The van der Waals surface area contributed by atoms with E-state index < -0.39 is 0 Å². The smallest absolute Gasteiger partial charge is 0.254 e. The van der Waals surface area contributed by atoms with Crippen molar-refractivity contribution in [3.8, 4) is 0 Å². The minimum atomic E-state index is 0.0902. The molecule has 0 spiro atoms. The maximum Gasteiger partial charge on any atom is 0.254 e. The van der Waals surface area contributed by atoms with Crippen LogP contribution >= 0.6 is 0 Å². The Morgan fingerprint density at radius 2 is 1.94 bits per heavy atom. The first-order valence-corrected chi connectivity index (χ1v) is 6.02. The van der Waals surface area contributed by atoms with Crippen LogP contribution in [-0.2, 0) is 4.79 Å². The standard InChI is InChI=1S/C14H17NO2/c1-11-4-2-3-5-13(11)14(17)15-8-6-12(10-16)7-9-15/h2-5,10,12H,6-9H2,1H3. The maximum absolute atomic E-state index is 12.3. The van der Waals surface area contributed by atoms with E-state index in [4.69, 9.17) is 0 Å². The van der Waals surface area contributed by atoms with Crippen molar-refractivity contribution in [3.63, 3.8) is 0 Å². The Bertz CT molecular complexity index is 420. The zero-order valence-corrected chi connectivity index (χ0v) is 10.1. The van der Waals surface area contributed by atoms with Gasteiger partial charge in [-0.15, -0.1) is 0 Å². The van der Waals surface area contributed by atoms with Gasteiger partial charge >= 0.3 is 0 Å². The van der Waals surface area contributed by atoms with Crippen LogP contribution < -0.4 is 0 Å². The van der Waals surface area contributed by atoms with Crippen molar-refractivity contribution in [3.05, 3.63) is 35.4 Å². The first-order chi connectivity index (χ1) is 8.22. The monoisotopic (exact) mass is 231 g/mol. The second-order valence-electron chi connectivity index (χ2n) is 4.58. The molecule has 3 heteroatoms. The first kappa shape index (κ1) is 11.8. The molecule has 1 aliphatic heterocycles. The fourth-order valence-corrected chi connectivity index (χ4v) is 2.22. The number of aldehydes is 1. The number of amides is 1. The molecular formula is C14H17NO2. The van der Waals surface area contributed by atoms with Gasteiger partial charge in [0.1, 0.15) is 6.29 Å². The average molecular weight is 231 g/mol. The summed E-state index contributed by atoms with van der Waals surface area (Å²) in [6.45, 7) is 3.33. The molecule has 0 atom stereocenters. The van der Waals surface area contributed by atoms with E-state index in [0.29, 0.717) is 13.1 Å². The number of likely N-dealkylation sites (tertiary alicyclic amines) is 1. The van der Waals surface area contributed by atoms with E-state index in [1.54, 1.807) is 0 Å². The fraction of sp³-hybridized carbons (Fsp3) is 0.429. The van der Waals surface area contributed by atoms with Crippen molar-refractivity contribution in [1.82, 2.24) is 4.90 Å². The van der Waals surface area contributed by atoms with E-state index in [2.05, 4.69) is 0 Å². The topological polar surface area (TPSA) is 37.4 Å². The molecule has 3 nitrogen and oxygen atoms in total. The van der Waals surface area contributed by atoms with Gasteiger partial charge in [-0.2, -0.15) is 0 Å². The number of piperidine rings is 1. The van der Waals surface area contributed by atoms with Crippen molar-refractivity contribution in [2.75, 3.05) is 13.1 Å². The molecule has 0 aliphatic carbocycles. The molecule has 1 aromatic rings. The van der Waals surface area contributed by atoms with Gasteiger partial charge in [0, 0.05) is 24.6 Å². The van der Waals surface area contributed by atoms with E-state index in [-0.39, 0.29) is 11.8 Å². The first-order valence-electron chi connectivity index (χ1n) is 6.02. The van der Waals surface area contributed by atoms with Gasteiger partial charge < -0.3 is 9.69 Å². The van der Waals surface area contributed by atoms with E-state index in [1.165, 1.54) is 0 Å². The molecule has 0 aromatic heterocycles. The molecule has 2 rings (SSSR count). The molecule has 1 fully saturated rings. The van der Waals surface area contributed by atoms with Crippen LogP contribution in [0.15, 0.2) is 24.3 Å². The summed E-state index contributed by atoms with van der Waals surface area (Å²) >= 11 is 0. The van der Waals surface area contributed by atoms with Crippen molar-refractivity contribution >= 4 is 12.2 Å². The van der Waals surface area contributed by atoms with Crippen LogP contribution in [0.2, 0.25) is 0 Å². The Morgan fingerprint density at radius 3 is 2.53 bits per heavy atom. The third-order valence-electron chi connectivity index (χ3n) is 3.39. The van der Waals surface area contributed by atoms with Crippen LogP contribution in [0.1, 0.15) is 28.8 Å². The quantitative estimate of drug-likeness (QED) is 0.730. The molecule has 0 bridgehead atoms. The van der Waals surface area contributed by atoms with Gasteiger partial charge in [0.25, 0.3) is 5.91 Å². The minimum absolute atomic E-state index is 0.0902. The van der Waals surface area contributed by atoms with Crippen molar-refractivity contribution in [1.29, 1.82) is 0 Å². The van der Waals surface area contributed by atoms with Crippen LogP contribution in [0, 0.1) is 12.8 Å². The molecule has 1 heterocycles. The number of rotatable bonds is 2. The van der Waals surface area contributed by atoms with E-state index in [9.17, 15) is 9.59 Å². The third-order valence-corrected chi connectivity index (χ3v) is 3.39. The zero-order valence-electron chi connectivity index (χ0n) is 10.1. The van der Waals surface area contributed by atoms with Crippen LogP contribution in [0.25, 0.3) is 0 Å². The summed E-state index contributed by atoms with van der Waals surface area (Å²) in [6.07, 6.45) is 2.60. The van der Waals surface area contributed by atoms with Gasteiger partial charge in [0.05, 0.1) is 0 Å². The third kappa shape index (κ3) is 2.54. The summed E-state index contributed by atoms with van der Waals surface area (Å²) in [5.74, 6) is 0.225. The molecule has 90 valence electrons. The van der Waals surface area contributed by atoms with Gasteiger partial charge in [-0.3, -0.25) is 4.79 Å². The van der Waals surface area contributed by atoms with E-state index in [0.717, 1.165) is 30.3 Å². The SMILES string of the molecule is Cc1ccccc1C(=O)N1CCC(C=O)CC1. The number of hydrogen-bond acceptors (Lipinski definition) is 2. The highest BCUT2D eigenvalue weighted by molar-refractivity contribution is 5.95. The zero-order chi connectivity index (χ0) is 12.3. The largest absolute Gasteiger partial charge is 0.339 e. The second-order valence-corrected chi connectivity index (χ2v) is 4.58. The number of carbonyl (C=O) groups is 2. The highest BCUT2D eigenvalue weighted by atomic mass is 16.2. The molecule has 0 saturated carbocycles. The molecule has 1 aliphatic rings. The number of nitrogens with zero attached hydrogens (tertiary/aromatic N) is 1. The van der Waals surface area contributed by atoms with Gasteiger partial charge in [0.15, 0.2) is 0 Å². The summed E-state index contributed by atoms with van der Waals surface area (Å²) in [7, 11) is 0. The Morgan fingerprint density at radius 1 is 1.29 bits per heavy atom. The summed E-state index contributed by atoms with van der Waals surface area (Å²) in [6, 6.07) is 7.64. The summed E-state index contributed by atoms with van der Waals surface area (Å²) < 4.78 is 0. The maximum atomic E-state index is 12.3. The molecule has 1 saturated heterocycles. The Labute approximate surface area is 101 Å². The molecular weight excluding hydrogens is 214 g/mol. The van der Waals surface area contributed by atoms with E-state index in [1.807, 2.05) is 36.1 Å². The van der Waals surface area contributed by atoms with Crippen molar-refractivity contribution in [2.24, 2.45) is 5.92 Å². The molecule has 1 amide bonds. The predicted octanol–water partition coefficient (Wildman–Crippen LogP) is 2.05. The highest BCUT2D eigenvalue weighted by Gasteiger charge is 2.23. The number of benzene rings is 1. The summed E-state index contributed by atoms with van der Waals surface area (Å²) in [5, 5.41) is 0. The second kappa shape index (κ2) is 5.13. The van der Waals surface area contributed by atoms with Gasteiger partial charge in [-0.25, -0.2) is 0 Å². The van der Waals surface area contributed by atoms with E-state index >= 15 is 0 Å². The van der Waals surface area contributed by atoms with Crippen LogP contribution in [0.4, 0.5) is 0 Å². The number of hydrogen-bond donors (Lipinski definition) is 0. The number of aryl methyl sites for hydroxylation is 1. The number of carbonyl (C=O) groups excluding carboxylic acids is 2. The fourth-order valence-electron chi connectivity index (χ4n) is 2.22. The lowest BCUT2D eigenvalue weighted by atomic mass is 9.97. The molecule has 0 unspecified atom stereocenters. The van der Waals surface area contributed by atoms with Crippen LogP contribution in [-0.4, -0.2) is 30.2 Å².